The number of nitrogens with zero attached hydrogens (tertiary/aromatic N) is 3. The van der Waals surface area contributed by atoms with Gasteiger partial charge < -0.3 is 9.88 Å². The zero-order valence-electron chi connectivity index (χ0n) is 14.0. The highest BCUT2D eigenvalue weighted by Gasteiger charge is 2.21. The molecule has 0 aliphatic heterocycles. The highest BCUT2D eigenvalue weighted by Crippen LogP contribution is 2.32. The first-order chi connectivity index (χ1) is 12.0. The van der Waals surface area contributed by atoms with Crippen LogP contribution in [0.3, 0.4) is 0 Å². The van der Waals surface area contributed by atoms with Crippen LogP contribution in [0.4, 0.5) is 5.69 Å². The molecule has 2 aromatic rings. The van der Waals surface area contributed by atoms with E-state index in [9.17, 15) is 4.79 Å². The zero-order valence-corrected chi connectivity index (χ0v) is 16.3. The molecule has 0 radical (unpaired) electrons. The van der Waals surface area contributed by atoms with Gasteiger partial charge in [0, 0.05) is 21.8 Å². The minimum Gasteiger partial charge on any atom is -0.325 e. The molecule has 0 bridgehead atoms. The number of benzene rings is 1. The Labute approximate surface area is 161 Å². The van der Waals surface area contributed by atoms with Crippen LogP contribution < -0.4 is 5.32 Å². The number of carbonyl (C=O) groups is 1. The van der Waals surface area contributed by atoms with Crippen LogP contribution in [-0.4, -0.2) is 26.4 Å². The molecule has 1 aromatic heterocycles. The molecule has 0 unspecified atom stereocenters. The molecule has 1 amide bonds. The van der Waals surface area contributed by atoms with Crippen molar-refractivity contribution in [1.82, 2.24) is 14.8 Å². The first-order valence-corrected chi connectivity index (χ1v) is 10.1. The lowest BCUT2D eigenvalue weighted by atomic mass is 9.95. The van der Waals surface area contributed by atoms with E-state index in [1.165, 1.54) is 31.0 Å². The van der Waals surface area contributed by atoms with Crippen molar-refractivity contribution in [2.24, 2.45) is 0 Å². The summed E-state index contributed by atoms with van der Waals surface area (Å²) in [7, 11) is 0. The predicted octanol–water partition coefficient (Wildman–Crippen LogP) is 5.13. The fraction of sp³-hybridized carbons (Fsp3) is 0.471. The van der Waals surface area contributed by atoms with Crippen LogP contribution in [-0.2, 0) is 4.79 Å². The Morgan fingerprint density at radius 2 is 1.88 bits per heavy atom. The van der Waals surface area contributed by atoms with E-state index in [4.69, 9.17) is 23.2 Å². The second kappa shape index (κ2) is 8.43. The Morgan fingerprint density at radius 1 is 1.20 bits per heavy atom. The third kappa shape index (κ3) is 4.90. The van der Waals surface area contributed by atoms with Crippen molar-refractivity contribution in [2.45, 2.75) is 50.2 Å². The van der Waals surface area contributed by atoms with E-state index < -0.39 is 0 Å². The summed E-state index contributed by atoms with van der Waals surface area (Å²) in [5.74, 6) is 1.05. The van der Waals surface area contributed by atoms with Crippen molar-refractivity contribution in [3.05, 3.63) is 34.1 Å². The monoisotopic (exact) mass is 398 g/mol. The molecule has 3 rings (SSSR count). The Balaban J connectivity index is 1.62. The number of amides is 1. The van der Waals surface area contributed by atoms with Crippen molar-refractivity contribution < 1.29 is 4.79 Å². The SMILES string of the molecule is Cc1nnc(SCC(=O)Nc2cc(Cl)cc(Cl)c2)n1C1CCCCC1. The summed E-state index contributed by atoms with van der Waals surface area (Å²) in [5, 5.41) is 13.1. The molecule has 1 N–H and O–H groups in total. The molecule has 0 saturated heterocycles. The second-order valence-corrected chi connectivity index (χ2v) is 8.00. The van der Waals surface area contributed by atoms with Crippen LogP contribution in [0.25, 0.3) is 0 Å². The predicted molar refractivity (Wildman–Crippen MR) is 103 cm³/mol. The molecule has 0 atom stereocenters. The topological polar surface area (TPSA) is 59.8 Å². The minimum atomic E-state index is -0.126. The van der Waals surface area contributed by atoms with Gasteiger partial charge in [0.05, 0.1) is 5.75 Å². The smallest absolute Gasteiger partial charge is 0.234 e. The number of nitrogens with one attached hydrogen (secondary N) is 1. The van der Waals surface area contributed by atoms with Crippen LogP contribution in [0.5, 0.6) is 0 Å². The largest absolute Gasteiger partial charge is 0.325 e. The molecule has 1 aliphatic rings. The average Bonchev–Trinajstić information content (AvgIpc) is 2.93. The maximum atomic E-state index is 12.2. The fourth-order valence-corrected chi connectivity index (χ4v) is 4.54. The van der Waals surface area contributed by atoms with Gasteiger partial charge in [-0.3, -0.25) is 4.79 Å². The molecular formula is C17H20Cl2N4OS. The number of thioether (sulfide) groups is 1. The third-order valence-electron chi connectivity index (χ3n) is 4.25. The molecule has 1 heterocycles. The Morgan fingerprint density at radius 3 is 2.56 bits per heavy atom. The molecule has 8 heteroatoms. The van der Waals surface area contributed by atoms with Crippen LogP contribution >= 0.6 is 35.0 Å². The number of hydrogen-bond donors (Lipinski definition) is 1. The molecule has 1 aromatic carbocycles. The summed E-state index contributed by atoms with van der Waals surface area (Å²) in [6.45, 7) is 1.97. The fourth-order valence-electron chi connectivity index (χ4n) is 3.16. The number of aryl methyl sites for hydroxylation is 1. The van der Waals surface area contributed by atoms with Crippen LogP contribution in [0.15, 0.2) is 23.4 Å². The molecule has 1 saturated carbocycles. The maximum absolute atomic E-state index is 12.2. The van der Waals surface area contributed by atoms with E-state index in [-0.39, 0.29) is 11.7 Å². The van der Waals surface area contributed by atoms with Gasteiger partial charge >= 0.3 is 0 Å². The van der Waals surface area contributed by atoms with Gasteiger partial charge in [-0.1, -0.05) is 54.2 Å². The minimum absolute atomic E-state index is 0.126. The number of halogens is 2. The van der Waals surface area contributed by atoms with E-state index in [1.807, 2.05) is 6.92 Å². The normalized spacial score (nSPS) is 15.3. The molecule has 134 valence electrons. The molecular weight excluding hydrogens is 379 g/mol. The van der Waals surface area contributed by atoms with E-state index in [1.54, 1.807) is 18.2 Å². The van der Waals surface area contributed by atoms with Gasteiger partial charge in [-0.25, -0.2) is 0 Å². The van der Waals surface area contributed by atoms with Crippen LogP contribution in [0.2, 0.25) is 10.0 Å². The first kappa shape index (κ1) is 18.5. The van der Waals surface area contributed by atoms with Gasteiger partial charge in [0.15, 0.2) is 5.16 Å². The lowest BCUT2D eigenvalue weighted by molar-refractivity contribution is -0.113. The van der Waals surface area contributed by atoms with Crippen LogP contribution in [0.1, 0.15) is 44.0 Å². The number of anilines is 1. The molecule has 0 spiro atoms. The van der Waals surface area contributed by atoms with E-state index in [2.05, 4.69) is 20.1 Å². The van der Waals surface area contributed by atoms with Crippen molar-refractivity contribution in [2.75, 3.05) is 11.1 Å². The lowest BCUT2D eigenvalue weighted by Crippen LogP contribution is -2.17. The van der Waals surface area contributed by atoms with Gasteiger partial charge in [0.2, 0.25) is 5.91 Å². The van der Waals surface area contributed by atoms with E-state index >= 15 is 0 Å². The lowest BCUT2D eigenvalue weighted by Gasteiger charge is -2.24. The number of rotatable bonds is 5. The van der Waals surface area contributed by atoms with E-state index in [0.29, 0.717) is 21.8 Å². The van der Waals surface area contributed by atoms with Gasteiger partial charge in [-0.15, -0.1) is 10.2 Å². The quantitative estimate of drug-likeness (QED) is 0.709. The Kier molecular flexibility index (Phi) is 6.25. The van der Waals surface area contributed by atoms with Gasteiger partial charge in [0.25, 0.3) is 0 Å². The molecule has 5 nitrogen and oxygen atoms in total. The summed E-state index contributed by atoms with van der Waals surface area (Å²) >= 11 is 13.3. The van der Waals surface area contributed by atoms with Crippen LogP contribution in [0, 0.1) is 6.92 Å². The van der Waals surface area contributed by atoms with Gasteiger partial charge in [0.1, 0.15) is 5.82 Å². The maximum Gasteiger partial charge on any atom is 0.234 e. The highest BCUT2D eigenvalue weighted by atomic mass is 35.5. The average molecular weight is 399 g/mol. The molecule has 1 fully saturated rings. The van der Waals surface area contributed by atoms with E-state index in [0.717, 1.165) is 23.8 Å². The summed E-state index contributed by atoms with van der Waals surface area (Å²) < 4.78 is 2.19. The standard InChI is InChI=1S/C17H20Cl2N4OS/c1-11-21-22-17(23(11)15-5-3-2-4-6-15)25-10-16(24)20-14-8-12(18)7-13(19)9-14/h7-9,15H,2-6,10H2,1H3,(H,20,24). The Hall–Kier alpha value is -1.24. The molecule has 1 aliphatic carbocycles. The molecule has 25 heavy (non-hydrogen) atoms. The first-order valence-electron chi connectivity index (χ1n) is 8.33. The third-order valence-corrected chi connectivity index (χ3v) is 5.63. The van der Waals surface area contributed by atoms with Crippen molar-refractivity contribution in [3.8, 4) is 0 Å². The summed E-state index contributed by atoms with van der Waals surface area (Å²) in [6.07, 6.45) is 6.08. The zero-order chi connectivity index (χ0) is 17.8. The van der Waals surface area contributed by atoms with Gasteiger partial charge in [-0.2, -0.15) is 0 Å². The van der Waals surface area contributed by atoms with Crippen molar-refractivity contribution in [1.29, 1.82) is 0 Å². The summed E-state index contributed by atoms with van der Waals surface area (Å²) in [6, 6.07) is 5.42. The number of aromatic nitrogens is 3. The van der Waals surface area contributed by atoms with Crippen molar-refractivity contribution >= 4 is 46.6 Å². The Bertz CT molecular complexity index is 739. The number of carbonyl (C=O) groups excluding carboxylic acids is 1. The van der Waals surface area contributed by atoms with Crippen molar-refractivity contribution in [3.63, 3.8) is 0 Å². The summed E-state index contributed by atoms with van der Waals surface area (Å²) in [5.41, 5.74) is 0.591. The summed E-state index contributed by atoms with van der Waals surface area (Å²) in [4.78, 5) is 12.2. The number of hydrogen-bond acceptors (Lipinski definition) is 4. The van der Waals surface area contributed by atoms with Gasteiger partial charge in [-0.05, 0) is 38.0 Å². The second-order valence-electron chi connectivity index (χ2n) is 6.19. The highest BCUT2D eigenvalue weighted by molar-refractivity contribution is 7.99.